The van der Waals surface area contributed by atoms with Crippen molar-refractivity contribution in [3.8, 4) is 17.2 Å². The molecule has 0 aliphatic rings. The van der Waals surface area contributed by atoms with Gasteiger partial charge in [-0.3, -0.25) is 4.79 Å². The summed E-state index contributed by atoms with van der Waals surface area (Å²) < 4.78 is 15.8. The van der Waals surface area contributed by atoms with Gasteiger partial charge in [-0.1, -0.05) is 17.2 Å². The van der Waals surface area contributed by atoms with Gasteiger partial charge in [-0.2, -0.15) is 0 Å². The molecule has 0 bridgehead atoms. The van der Waals surface area contributed by atoms with Crippen molar-refractivity contribution in [2.24, 2.45) is 0 Å². The number of rotatable bonds is 5. The summed E-state index contributed by atoms with van der Waals surface area (Å²) in [6, 6.07) is 9.11. The van der Waals surface area contributed by atoms with Crippen LogP contribution in [0.25, 0.3) is 0 Å². The number of nitrogens with one attached hydrogen (secondary N) is 1. The molecule has 2 aromatic carbocycles. The highest BCUT2D eigenvalue weighted by molar-refractivity contribution is 6.04. The first-order chi connectivity index (χ1) is 11.0. The normalized spacial score (nSPS) is 10.1. The molecule has 0 saturated heterocycles. The molecule has 0 radical (unpaired) electrons. The number of hydrogen-bond acceptors (Lipinski definition) is 4. The van der Waals surface area contributed by atoms with Crippen LogP contribution in [0, 0.1) is 13.8 Å². The number of amides is 1. The Hall–Kier alpha value is -2.69. The molecule has 23 heavy (non-hydrogen) atoms. The smallest absolute Gasteiger partial charge is 0.255 e. The lowest BCUT2D eigenvalue weighted by molar-refractivity contribution is 0.102. The van der Waals surface area contributed by atoms with E-state index in [9.17, 15) is 4.79 Å². The average Bonchev–Trinajstić information content (AvgIpc) is 2.52. The predicted octanol–water partition coefficient (Wildman–Crippen LogP) is 3.58. The summed E-state index contributed by atoms with van der Waals surface area (Å²) >= 11 is 0. The zero-order valence-electron chi connectivity index (χ0n) is 14.0. The molecular formula is C18H21NO4. The zero-order chi connectivity index (χ0) is 17.0. The third-order valence-electron chi connectivity index (χ3n) is 3.41. The highest BCUT2D eigenvalue weighted by Gasteiger charge is 2.15. The molecule has 0 atom stereocenters. The number of benzene rings is 2. The molecule has 0 aliphatic carbocycles. The zero-order valence-corrected chi connectivity index (χ0v) is 14.0. The van der Waals surface area contributed by atoms with Gasteiger partial charge in [0, 0.05) is 23.4 Å². The molecule has 0 aromatic heterocycles. The lowest BCUT2D eigenvalue weighted by Crippen LogP contribution is -2.12. The van der Waals surface area contributed by atoms with Crippen molar-refractivity contribution in [3.63, 3.8) is 0 Å². The van der Waals surface area contributed by atoms with E-state index in [0.29, 0.717) is 28.5 Å². The number of hydrogen-bond donors (Lipinski definition) is 1. The minimum Gasteiger partial charge on any atom is -0.493 e. The van der Waals surface area contributed by atoms with E-state index in [-0.39, 0.29) is 5.91 Å². The van der Waals surface area contributed by atoms with Crippen molar-refractivity contribution >= 4 is 11.6 Å². The van der Waals surface area contributed by atoms with E-state index in [1.54, 1.807) is 12.1 Å². The third kappa shape index (κ3) is 3.74. The molecule has 0 aliphatic heterocycles. The highest BCUT2D eigenvalue weighted by Crippen LogP contribution is 2.40. The molecule has 0 unspecified atom stereocenters. The van der Waals surface area contributed by atoms with Gasteiger partial charge >= 0.3 is 0 Å². The van der Waals surface area contributed by atoms with Crippen LogP contribution in [-0.2, 0) is 0 Å². The fourth-order valence-electron chi connectivity index (χ4n) is 2.46. The summed E-state index contributed by atoms with van der Waals surface area (Å²) in [5.41, 5.74) is 3.26. The van der Waals surface area contributed by atoms with Crippen molar-refractivity contribution in [1.82, 2.24) is 0 Å². The largest absolute Gasteiger partial charge is 0.493 e. The maximum absolute atomic E-state index is 12.4. The Labute approximate surface area is 136 Å². The fraction of sp³-hybridized carbons (Fsp3) is 0.278. The summed E-state index contributed by atoms with van der Waals surface area (Å²) in [5, 5.41) is 2.86. The van der Waals surface area contributed by atoms with Gasteiger partial charge < -0.3 is 19.5 Å². The first kappa shape index (κ1) is 16.7. The Balaban J connectivity index is 2.34. The van der Waals surface area contributed by atoms with E-state index in [4.69, 9.17) is 14.2 Å². The van der Waals surface area contributed by atoms with Gasteiger partial charge in [-0.05, 0) is 26.0 Å². The lowest BCUT2D eigenvalue weighted by atomic mass is 10.1. The van der Waals surface area contributed by atoms with Crippen molar-refractivity contribution < 1.29 is 19.0 Å². The van der Waals surface area contributed by atoms with Gasteiger partial charge in [0.2, 0.25) is 5.75 Å². The topological polar surface area (TPSA) is 56.8 Å². The van der Waals surface area contributed by atoms with Crippen molar-refractivity contribution in [1.29, 1.82) is 0 Å². The van der Waals surface area contributed by atoms with E-state index in [1.807, 2.05) is 32.0 Å². The van der Waals surface area contributed by atoms with Crippen LogP contribution in [0.3, 0.4) is 0 Å². The predicted molar refractivity (Wildman–Crippen MR) is 90.0 cm³/mol. The fourth-order valence-corrected chi connectivity index (χ4v) is 2.46. The summed E-state index contributed by atoms with van der Waals surface area (Å²) in [4.78, 5) is 12.4. The quantitative estimate of drug-likeness (QED) is 0.916. The SMILES string of the molecule is COc1cc(NC(=O)c2cc(C)cc(C)c2)cc(OC)c1OC. The van der Waals surface area contributed by atoms with Gasteiger partial charge in [-0.15, -0.1) is 0 Å². The molecule has 0 fully saturated rings. The number of methoxy groups -OCH3 is 3. The Kier molecular flexibility index (Phi) is 5.11. The van der Waals surface area contributed by atoms with Gasteiger partial charge in [0.15, 0.2) is 11.5 Å². The van der Waals surface area contributed by atoms with Crippen LogP contribution >= 0.6 is 0 Å². The maximum Gasteiger partial charge on any atom is 0.255 e. The maximum atomic E-state index is 12.4. The van der Waals surface area contributed by atoms with Crippen LogP contribution in [0.4, 0.5) is 5.69 Å². The van der Waals surface area contributed by atoms with E-state index in [1.165, 1.54) is 21.3 Å². The Morgan fingerprint density at radius 1 is 0.826 bits per heavy atom. The number of carbonyl (C=O) groups excluding carboxylic acids is 1. The summed E-state index contributed by atoms with van der Waals surface area (Å²) in [5.74, 6) is 1.27. The minimum atomic E-state index is -0.189. The van der Waals surface area contributed by atoms with Crippen molar-refractivity contribution in [2.75, 3.05) is 26.6 Å². The second-order valence-electron chi connectivity index (χ2n) is 5.24. The Bertz CT molecular complexity index is 680. The number of ether oxygens (including phenoxy) is 3. The van der Waals surface area contributed by atoms with Gasteiger partial charge in [0.1, 0.15) is 0 Å². The van der Waals surface area contributed by atoms with Crippen LogP contribution in [-0.4, -0.2) is 27.2 Å². The Morgan fingerprint density at radius 3 is 1.78 bits per heavy atom. The van der Waals surface area contributed by atoms with Crippen LogP contribution < -0.4 is 19.5 Å². The number of carbonyl (C=O) groups is 1. The molecule has 2 rings (SSSR count). The molecule has 122 valence electrons. The van der Waals surface area contributed by atoms with E-state index in [0.717, 1.165) is 11.1 Å². The lowest BCUT2D eigenvalue weighted by Gasteiger charge is -2.15. The molecule has 0 heterocycles. The second kappa shape index (κ2) is 7.05. The molecule has 5 heteroatoms. The van der Waals surface area contributed by atoms with E-state index >= 15 is 0 Å². The second-order valence-corrected chi connectivity index (χ2v) is 5.24. The molecule has 1 N–H and O–H groups in total. The van der Waals surface area contributed by atoms with Crippen LogP contribution in [0.2, 0.25) is 0 Å². The van der Waals surface area contributed by atoms with Gasteiger partial charge in [0.25, 0.3) is 5.91 Å². The molecule has 0 spiro atoms. The minimum absolute atomic E-state index is 0.189. The standard InChI is InChI=1S/C18H21NO4/c1-11-6-12(2)8-13(7-11)18(20)19-14-9-15(21-3)17(23-5)16(10-14)22-4/h6-10H,1-5H3,(H,19,20). The van der Waals surface area contributed by atoms with Gasteiger partial charge in [-0.25, -0.2) is 0 Å². The molecule has 2 aromatic rings. The summed E-state index contributed by atoms with van der Waals surface area (Å²) in [6.45, 7) is 3.92. The Morgan fingerprint density at radius 2 is 1.35 bits per heavy atom. The molecular weight excluding hydrogens is 294 g/mol. The highest BCUT2D eigenvalue weighted by atomic mass is 16.5. The first-order valence-corrected chi connectivity index (χ1v) is 7.18. The van der Waals surface area contributed by atoms with Crippen LogP contribution in [0.1, 0.15) is 21.5 Å². The number of anilines is 1. The van der Waals surface area contributed by atoms with E-state index in [2.05, 4.69) is 5.32 Å². The third-order valence-corrected chi connectivity index (χ3v) is 3.41. The van der Waals surface area contributed by atoms with Crippen molar-refractivity contribution in [2.45, 2.75) is 13.8 Å². The number of aryl methyl sites for hydroxylation is 2. The van der Waals surface area contributed by atoms with E-state index < -0.39 is 0 Å². The van der Waals surface area contributed by atoms with Crippen molar-refractivity contribution in [3.05, 3.63) is 47.0 Å². The first-order valence-electron chi connectivity index (χ1n) is 7.18. The van der Waals surface area contributed by atoms with Crippen LogP contribution in [0.15, 0.2) is 30.3 Å². The average molecular weight is 315 g/mol. The molecule has 1 amide bonds. The molecule has 0 saturated carbocycles. The van der Waals surface area contributed by atoms with Crippen LogP contribution in [0.5, 0.6) is 17.2 Å². The van der Waals surface area contributed by atoms with Gasteiger partial charge in [0.05, 0.1) is 21.3 Å². The monoisotopic (exact) mass is 315 g/mol. The molecule has 5 nitrogen and oxygen atoms in total. The summed E-state index contributed by atoms with van der Waals surface area (Å²) in [7, 11) is 4.60. The summed E-state index contributed by atoms with van der Waals surface area (Å²) in [6.07, 6.45) is 0.